The Bertz CT molecular complexity index is 1790. The zero-order chi connectivity index (χ0) is 24.3. The first kappa shape index (κ1) is 21.0. The van der Waals surface area contributed by atoms with Crippen LogP contribution in [0.3, 0.4) is 0 Å². The van der Waals surface area contributed by atoms with Gasteiger partial charge in [0.2, 0.25) is 0 Å². The quantitative estimate of drug-likeness (QED) is 0.259. The highest BCUT2D eigenvalue weighted by molar-refractivity contribution is 6.15. The molecule has 0 heterocycles. The van der Waals surface area contributed by atoms with Gasteiger partial charge in [-0.25, -0.2) is 0 Å². The molecule has 0 saturated carbocycles. The highest BCUT2D eigenvalue weighted by atomic mass is 14.9. The van der Waals surface area contributed by atoms with Crippen molar-refractivity contribution in [1.29, 1.82) is 0 Å². The van der Waals surface area contributed by atoms with E-state index in [9.17, 15) is 0 Å². The highest BCUT2D eigenvalue weighted by Gasteiger charge is 2.35. The van der Waals surface area contributed by atoms with Gasteiger partial charge in [0, 0.05) is 22.4 Å². The van der Waals surface area contributed by atoms with E-state index in [0.717, 1.165) is 11.4 Å². The molecule has 0 unspecified atom stereocenters. The molecular formula is C35H27N. The van der Waals surface area contributed by atoms with Crippen LogP contribution in [-0.4, -0.2) is 0 Å². The van der Waals surface area contributed by atoms with Gasteiger partial charge < -0.3 is 5.32 Å². The summed E-state index contributed by atoms with van der Waals surface area (Å²) in [7, 11) is 0. The van der Waals surface area contributed by atoms with E-state index in [2.05, 4.69) is 140 Å². The lowest BCUT2D eigenvalue weighted by Gasteiger charge is -2.21. The fraction of sp³-hybridized carbons (Fsp3) is 0.0857. The van der Waals surface area contributed by atoms with E-state index in [0.29, 0.717) is 0 Å². The van der Waals surface area contributed by atoms with Gasteiger partial charge in [0.05, 0.1) is 0 Å². The number of benzene rings is 6. The average molecular weight is 462 g/mol. The second-order valence-electron chi connectivity index (χ2n) is 10.3. The Morgan fingerprint density at radius 3 is 2.08 bits per heavy atom. The smallest absolute Gasteiger partial charge is 0.0464 e. The van der Waals surface area contributed by atoms with Crippen LogP contribution in [0.2, 0.25) is 0 Å². The zero-order valence-electron chi connectivity index (χ0n) is 20.5. The van der Waals surface area contributed by atoms with Crippen LogP contribution < -0.4 is 5.32 Å². The molecule has 0 aliphatic heterocycles. The predicted molar refractivity (Wildman–Crippen MR) is 154 cm³/mol. The molecule has 1 N–H and O–H groups in total. The standard InChI is InChI=1S/C35H27N/c1-35(2)31-16-7-5-13-27(31)30-22-25(20-21-32(30)35)36-33-17-8-6-14-28(33)29-15-9-11-24-19-18-23-10-3-4-12-26(23)34(24)29/h3-22,36H,1-2H3. The van der Waals surface area contributed by atoms with Crippen LogP contribution in [0.15, 0.2) is 121 Å². The molecule has 172 valence electrons. The van der Waals surface area contributed by atoms with Gasteiger partial charge in [-0.2, -0.15) is 0 Å². The Balaban J connectivity index is 1.37. The number of hydrogen-bond acceptors (Lipinski definition) is 1. The topological polar surface area (TPSA) is 12.0 Å². The van der Waals surface area contributed by atoms with Gasteiger partial charge >= 0.3 is 0 Å². The van der Waals surface area contributed by atoms with Crippen LogP contribution in [0, 0.1) is 0 Å². The first-order valence-electron chi connectivity index (χ1n) is 12.6. The maximum atomic E-state index is 3.77. The van der Waals surface area contributed by atoms with E-state index in [1.165, 1.54) is 54.9 Å². The van der Waals surface area contributed by atoms with Crippen molar-refractivity contribution in [3.05, 3.63) is 132 Å². The third kappa shape index (κ3) is 3.09. The summed E-state index contributed by atoms with van der Waals surface area (Å²) < 4.78 is 0. The van der Waals surface area contributed by atoms with Crippen LogP contribution in [0.4, 0.5) is 11.4 Å². The molecule has 0 saturated heterocycles. The van der Waals surface area contributed by atoms with Crippen molar-refractivity contribution in [3.63, 3.8) is 0 Å². The summed E-state index contributed by atoms with van der Waals surface area (Å²) in [6, 6.07) is 44.0. The number of nitrogens with one attached hydrogen (secondary N) is 1. The lowest BCUT2D eigenvalue weighted by Crippen LogP contribution is -2.14. The summed E-state index contributed by atoms with van der Waals surface area (Å²) >= 11 is 0. The van der Waals surface area contributed by atoms with Crippen molar-refractivity contribution in [1.82, 2.24) is 0 Å². The molecule has 0 amide bonds. The molecule has 0 bridgehead atoms. The van der Waals surface area contributed by atoms with Gasteiger partial charge in [0.15, 0.2) is 0 Å². The molecule has 0 fully saturated rings. The molecule has 0 spiro atoms. The molecular weight excluding hydrogens is 434 g/mol. The normalized spacial score (nSPS) is 13.5. The average Bonchev–Trinajstić information content (AvgIpc) is 3.15. The van der Waals surface area contributed by atoms with Crippen LogP contribution >= 0.6 is 0 Å². The summed E-state index contributed by atoms with van der Waals surface area (Å²) in [5, 5.41) is 8.89. The van der Waals surface area contributed by atoms with Crippen molar-refractivity contribution in [3.8, 4) is 22.3 Å². The number of rotatable bonds is 3. The van der Waals surface area contributed by atoms with E-state index in [1.807, 2.05) is 0 Å². The molecule has 7 rings (SSSR count). The Labute approximate surface area is 212 Å². The zero-order valence-corrected chi connectivity index (χ0v) is 20.5. The number of para-hydroxylation sites is 1. The van der Waals surface area contributed by atoms with Crippen molar-refractivity contribution < 1.29 is 0 Å². The lowest BCUT2D eigenvalue weighted by molar-refractivity contribution is 0.660. The fourth-order valence-electron chi connectivity index (χ4n) is 6.06. The predicted octanol–water partition coefficient (Wildman–Crippen LogP) is 9.71. The van der Waals surface area contributed by atoms with Crippen molar-refractivity contribution in [2.75, 3.05) is 5.32 Å². The maximum absolute atomic E-state index is 3.77. The Kier molecular flexibility index (Phi) is 4.56. The van der Waals surface area contributed by atoms with E-state index in [1.54, 1.807) is 0 Å². The van der Waals surface area contributed by atoms with E-state index < -0.39 is 0 Å². The minimum atomic E-state index is 0.0202. The van der Waals surface area contributed by atoms with Crippen molar-refractivity contribution in [2.24, 2.45) is 0 Å². The van der Waals surface area contributed by atoms with Crippen LogP contribution in [0.25, 0.3) is 43.8 Å². The molecule has 0 radical (unpaired) electrons. The number of fused-ring (bicyclic) bond motifs is 6. The molecule has 6 aromatic rings. The molecule has 0 atom stereocenters. The van der Waals surface area contributed by atoms with Gasteiger partial charge in [0.1, 0.15) is 0 Å². The highest BCUT2D eigenvalue weighted by Crippen LogP contribution is 2.49. The summed E-state index contributed by atoms with van der Waals surface area (Å²) in [6.07, 6.45) is 0. The lowest BCUT2D eigenvalue weighted by atomic mass is 9.82. The second-order valence-corrected chi connectivity index (χ2v) is 10.3. The number of hydrogen-bond donors (Lipinski definition) is 1. The number of anilines is 2. The summed E-state index contributed by atoms with van der Waals surface area (Å²) in [5.74, 6) is 0. The van der Waals surface area contributed by atoms with E-state index in [-0.39, 0.29) is 5.41 Å². The van der Waals surface area contributed by atoms with Gasteiger partial charge in [-0.15, -0.1) is 0 Å². The summed E-state index contributed by atoms with van der Waals surface area (Å²) in [6.45, 7) is 4.65. The first-order valence-corrected chi connectivity index (χ1v) is 12.6. The molecule has 1 heteroatoms. The third-order valence-electron chi connectivity index (χ3n) is 7.85. The minimum Gasteiger partial charge on any atom is -0.355 e. The Morgan fingerprint density at radius 2 is 1.17 bits per heavy atom. The molecule has 0 aromatic heterocycles. The summed E-state index contributed by atoms with van der Waals surface area (Å²) in [5.41, 5.74) is 10.2. The monoisotopic (exact) mass is 461 g/mol. The SMILES string of the molecule is CC1(C)c2ccccc2-c2cc(Nc3ccccc3-c3cccc4ccc5ccccc5c34)ccc21. The van der Waals surface area contributed by atoms with Crippen molar-refractivity contribution >= 4 is 32.9 Å². The molecule has 1 nitrogen and oxygen atoms in total. The van der Waals surface area contributed by atoms with Gasteiger partial charge in [-0.1, -0.05) is 117 Å². The first-order chi connectivity index (χ1) is 17.6. The van der Waals surface area contributed by atoms with Crippen LogP contribution in [-0.2, 0) is 5.41 Å². The summed E-state index contributed by atoms with van der Waals surface area (Å²) in [4.78, 5) is 0. The second kappa shape index (κ2) is 7.83. The van der Waals surface area contributed by atoms with Gasteiger partial charge in [-0.3, -0.25) is 0 Å². The van der Waals surface area contributed by atoms with Crippen LogP contribution in [0.5, 0.6) is 0 Å². The van der Waals surface area contributed by atoms with E-state index >= 15 is 0 Å². The van der Waals surface area contributed by atoms with Crippen molar-refractivity contribution in [2.45, 2.75) is 19.3 Å². The van der Waals surface area contributed by atoms with Gasteiger partial charge in [0.25, 0.3) is 0 Å². The molecule has 6 aromatic carbocycles. The molecule has 36 heavy (non-hydrogen) atoms. The fourth-order valence-corrected chi connectivity index (χ4v) is 6.06. The minimum absolute atomic E-state index is 0.0202. The van der Waals surface area contributed by atoms with Crippen LogP contribution in [0.1, 0.15) is 25.0 Å². The largest absolute Gasteiger partial charge is 0.355 e. The maximum Gasteiger partial charge on any atom is 0.0464 e. The third-order valence-corrected chi connectivity index (χ3v) is 7.85. The van der Waals surface area contributed by atoms with E-state index in [4.69, 9.17) is 0 Å². The van der Waals surface area contributed by atoms with Gasteiger partial charge in [-0.05, 0) is 67.6 Å². The Hall–Kier alpha value is -4.36. The molecule has 1 aliphatic rings. The Morgan fingerprint density at radius 1 is 0.500 bits per heavy atom. The molecule has 1 aliphatic carbocycles.